The van der Waals surface area contributed by atoms with E-state index in [1.54, 1.807) is 48.4 Å². The van der Waals surface area contributed by atoms with E-state index in [-0.39, 0.29) is 24.3 Å². The van der Waals surface area contributed by atoms with Gasteiger partial charge in [-0.3, -0.25) is 0 Å². The first kappa shape index (κ1) is 19.9. The van der Waals surface area contributed by atoms with Gasteiger partial charge in [-0.1, -0.05) is 0 Å². The van der Waals surface area contributed by atoms with Crippen molar-refractivity contribution in [1.82, 2.24) is 25.1 Å². The Labute approximate surface area is 178 Å². The number of phenols is 1. The molecule has 2 aliphatic rings. The van der Waals surface area contributed by atoms with Gasteiger partial charge in [-0.15, -0.1) is 10.2 Å². The molecule has 0 spiro atoms. The molecule has 0 saturated carbocycles. The molecular formula is C22H24F2N6O. The fourth-order valence-electron chi connectivity index (χ4n) is 4.82. The first-order chi connectivity index (χ1) is 14.8. The Hall–Kier alpha value is -3.07. The van der Waals surface area contributed by atoms with E-state index in [1.165, 1.54) is 0 Å². The van der Waals surface area contributed by atoms with Gasteiger partial charge in [-0.05, 0) is 44.0 Å². The van der Waals surface area contributed by atoms with Gasteiger partial charge >= 0.3 is 0 Å². The van der Waals surface area contributed by atoms with E-state index < -0.39 is 11.5 Å². The van der Waals surface area contributed by atoms with Gasteiger partial charge in [0.2, 0.25) is 0 Å². The summed E-state index contributed by atoms with van der Waals surface area (Å²) in [6, 6.07) is 8.65. The average Bonchev–Trinajstić information content (AvgIpc) is 3.32. The van der Waals surface area contributed by atoms with Crippen LogP contribution in [0.1, 0.15) is 26.2 Å². The fraction of sp³-hybridized carbons (Fsp3) is 0.409. The van der Waals surface area contributed by atoms with Crippen LogP contribution in [0.3, 0.4) is 0 Å². The predicted octanol–water partition coefficient (Wildman–Crippen LogP) is 3.39. The second-order valence-corrected chi connectivity index (χ2v) is 8.73. The summed E-state index contributed by atoms with van der Waals surface area (Å²) in [5.41, 5.74) is 0.701. The standard InChI is InChI=1S/C22H24F2N6O/c1-21-12-16(9-14(26-21)11-22(21,23)24)29(2)20-6-5-18(27-28-20)17-4-3-15(10-19(17)31)30-8-7-25-13-30/h3-8,10,13-14,16,26,31H,9,11-12H2,1-2H3/t14-,16+,21+/m1/s1. The van der Waals surface area contributed by atoms with Gasteiger partial charge in [0.25, 0.3) is 5.92 Å². The van der Waals surface area contributed by atoms with Crippen molar-refractivity contribution >= 4 is 5.82 Å². The van der Waals surface area contributed by atoms with Crippen LogP contribution in [0.2, 0.25) is 0 Å². The lowest BCUT2D eigenvalue weighted by Crippen LogP contribution is -2.58. The number of aromatic nitrogens is 4. The Bertz CT molecular complexity index is 1090. The van der Waals surface area contributed by atoms with Crippen molar-refractivity contribution in [2.75, 3.05) is 11.9 Å². The number of nitrogens with zero attached hydrogens (tertiary/aromatic N) is 5. The Morgan fingerprint density at radius 1 is 1.19 bits per heavy atom. The van der Waals surface area contributed by atoms with Crippen LogP contribution in [-0.2, 0) is 0 Å². The third-order valence-electron chi connectivity index (χ3n) is 6.65. The van der Waals surface area contributed by atoms with Crippen molar-refractivity contribution in [3.63, 3.8) is 0 Å². The van der Waals surface area contributed by atoms with Gasteiger partial charge < -0.3 is 19.9 Å². The second kappa shape index (κ2) is 6.98. The van der Waals surface area contributed by atoms with E-state index in [4.69, 9.17) is 0 Å². The van der Waals surface area contributed by atoms with E-state index in [9.17, 15) is 13.9 Å². The summed E-state index contributed by atoms with van der Waals surface area (Å²) in [5.74, 6) is -1.99. The summed E-state index contributed by atoms with van der Waals surface area (Å²) >= 11 is 0. The van der Waals surface area contributed by atoms with Crippen LogP contribution < -0.4 is 10.2 Å². The lowest BCUT2D eigenvalue weighted by atomic mass is 9.86. The second-order valence-electron chi connectivity index (χ2n) is 8.73. The van der Waals surface area contributed by atoms with Crippen molar-refractivity contribution in [2.45, 2.75) is 49.7 Å². The number of aromatic hydroxyl groups is 1. The van der Waals surface area contributed by atoms with Crippen molar-refractivity contribution in [1.29, 1.82) is 0 Å². The number of benzene rings is 1. The van der Waals surface area contributed by atoms with Crippen LogP contribution in [-0.4, -0.2) is 55.4 Å². The minimum atomic E-state index is -2.71. The number of alkyl halides is 2. The summed E-state index contributed by atoms with van der Waals surface area (Å²) in [4.78, 5) is 5.94. The first-order valence-corrected chi connectivity index (χ1v) is 10.3. The molecule has 0 unspecified atom stereocenters. The largest absolute Gasteiger partial charge is 0.507 e. The van der Waals surface area contributed by atoms with E-state index in [0.717, 1.165) is 5.69 Å². The number of piperidine rings is 1. The van der Waals surface area contributed by atoms with Crippen LogP contribution in [0, 0.1) is 0 Å². The number of fused-ring (bicyclic) bond motifs is 2. The van der Waals surface area contributed by atoms with Crippen LogP contribution in [0.4, 0.5) is 14.6 Å². The lowest BCUT2D eigenvalue weighted by Gasteiger charge is -2.42. The van der Waals surface area contributed by atoms with Crippen molar-refractivity contribution in [3.05, 3.63) is 49.1 Å². The molecule has 2 saturated heterocycles. The van der Waals surface area contributed by atoms with Gasteiger partial charge in [-0.2, -0.15) is 0 Å². The van der Waals surface area contributed by atoms with Crippen LogP contribution in [0.5, 0.6) is 5.75 Å². The highest BCUT2D eigenvalue weighted by Gasteiger charge is 2.61. The van der Waals surface area contributed by atoms with E-state index in [1.807, 2.05) is 24.1 Å². The lowest BCUT2D eigenvalue weighted by molar-refractivity contribution is -0.0569. The SMILES string of the molecule is CN(c1ccc(-c2ccc(-n3ccnc3)cc2O)nn1)[C@H]1C[C@@H]2CC(F)(F)[C@](C)(C1)N2. The maximum Gasteiger partial charge on any atom is 0.267 e. The van der Waals surface area contributed by atoms with Crippen LogP contribution in [0.15, 0.2) is 49.1 Å². The van der Waals surface area contributed by atoms with Gasteiger partial charge in [0.15, 0.2) is 5.82 Å². The number of halogens is 2. The molecule has 31 heavy (non-hydrogen) atoms. The summed E-state index contributed by atoms with van der Waals surface area (Å²) in [6.45, 7) is 1.61. The summed E-state index contributed by atoms with van der Waals surface area (Å²) in [7, 11) is 1.87. The van der Waals surface area contributed by atoms with E-state index in [0.29, 0.717) is 29.9 Å². The number of nitrogens with one attached hydrogen (secondary N) is 1. The third kappa shape index (κ3) is 3.33. The Morgan fingerprint density at radius 2 is 2.03 bits per heavy atom. The molecule has 4 heterocycles. The normalized spacial score (nSPS) is 26.7. The Morgan fingerprint density at radius 3 is 2.68 bits per heavy atom. The van der Waals surface area contributed by atoms with E-state index in [2.05, 4.69) is 20.5 Å². The van der Waals surface area contributed by atoms with Crippen molar-refractivity contribution in [2.24, 2.45) is 0 Å². The molecule has 5 rings (SSSR count). The highest BCUT2D eigenvalue weighted by atomic mass is 19.3. The molecule has 2 bridgehead atoms. The minimum Gasteiger partial charge on any atom is -0.507 e. The zero-order valence-corrected chi connectivity index (χ0v) is 17.3. The molecule has 3 aromatic rings. The maximum absolute atomic E-state index is 14.4. The molecular weight excluding hydrogens is 402 g/mol. The molecule has 2 aliphatic heterocycles. The summed E-state index contributed by atoms with van der Waals surface area (Å²) in [5, 5.41) is 22.2. The molecule has 9 heteroatoms. The first-order valence-electron chi connectivity index (χ1n) is 10.3. The third-order valence-corrected chi connectivity index (χ3v) is 6.65. The summed E-state index contributed by atoms with van der Waals surface area (Å²) < 4.78 is 30.6. The smallest absolute Gasteiger partial charge is 0.267 e. The highest BCUT2D eigenvalue weighted by molar-refractivity contribution is 5.69. The van der Waals surface area contributed by atoms with Gasteiger partial charge in [0.05, 0.1) is 23.2 Å². The van der Waals surface area contributed by atoms with Gasteiger partial charge in [-0.25, -0.2) is 13.8 Å². The van der Waals surface area contributed by atoms with Crippen molar-refractivity contribution < 1.29 is 13.9 Å². The molecule has 1 aromatic carbocycles. The quantitative estimate of drug-likeness (QED) is 0.666. The molecule has 0 radical (unpaired) electrons. The predicted molar refractivity (Wildman–Crippen MR) is 113 cm³/mol. The molecule has 2 fully saturated rings. The number of hydrogen-bond acceptors (Lipinski definition) is 6. The maximum atomic E-state index is 14.4. The zero-order valence-electron chi connectivity index (χ0n) is 17.3. The van der Waals surface area contributed by atoms with Crippen LogP contribution in [0.25, 0.3) is 16.9 Å². The fourth-order valence-corrected chi connectivity index (χ4v) is 4.82. The molecule has 2 aromatic heterocycles. The molecule has 3 atom stereocenters. The van der Waals surface area contributed by atoms with E-state index >= 15 is 0 Å². The molecule has 162 valence electrons. The number of hydrogen-bond donors (Lipinski definition) is 2. The summed E-state index contributed by atoms with van der Waals surface area (Å²) in [6.07, 6.45) is 5.98. The Kier molecular flexibility index (Phi) is 4.47. The van der Waals surface area contributed by atoms with Gasteiger partial charge in [0, 0.05) is 49.6 Å². The number of imidazole rings is 1. The molecule has 2 N–H and O–H groups in total. The minimum absolute atomic E-state index is 0.0485. The Balaban J connectivity index is 1.35. The number of rotatable bonds is 4. The monoisotopic (exact) mass is 426 g/mol. The topological polar surface area (TPSA) is 79.1 Å². The number of phenolic OH excluding ortho intramolecular Hbond substituents is 1. The van der Waals surface area contributed by atoms with Crippen LogP contribution >= 0.6 is 0 Å². The highest BCUT2D eigenvalue weighted by Crippen LogP contribution is 2.47. The molecule has 0 amide bonds. The molecule has 0 aliphatic carbocycles. The van der Waals surface area contributed by atoms with Gasteiger partial charge in [0.1, 0.15) is 5.75 Å². The number of anilines is 1. The zero-order chi connectivity index (χ0) is 21.8. The molecule has 7 nitrogen and oxygen atoms in total. The van der Waals surface area contributed by atoms with Crippen molar-refractivity contribution in [3.8, 4) is 22.7 Å². The average molecular weight is 426 g/mol.